The van der Waals surface area contributed by atoms with E-state index >= 15 is 0 Å². The van der Waals surface area contributed by atoms with Crippen LogP contribution < -0.4 is 5.73 Å². The summed E-state index contributed by atoms with van der Waals surface area (Å²) in [7, 11) is 0. The Hall–Kier alpha value is -0.180. The quantitative estimate of drug-likeness (QED) is 0.803. The molecule has 0 aromatic heterocycles. The zero-order chi connectivity index (χ0) is 12.1. The fraction of sp³-hybridized carbons (Fsp3) is 0.538. The Morgan fingerprint density at radius 2 is 2.06 bits per heavy atom. The average molecular weight is 258 g/mol. The lowest BCUT2D eigenvalue weighted by Gasteiger charge is -2.14. The summed E-state index contributed by atoms with van der Waals surface area (Å²) in [4.78, 5) is 1.28. The van der Waals surface area contributed by atoms with Crippen LogP contribution >= 0.6 is 23.4 Å². The summed E-state index contributed by atoms with van der Waals surface area (Å²) in [5.41, 5.74) is 7.16. The second-order valence-electron chi connectivity index (χ2n) is 4.27. The molecule has 16 heavy (non-hydrogen) atoms. The van der Waals surface area contributed by atoms with Crippen LogP contribution in [0.25, 0.3) is 0 Å². The van der Waals surface area contributed by atoms with Crippen molar-refractivity contribution in [3.05, 3.63) is 28.8 Å². The predicted octanol–water partition coefficient (Wildman–Crippen LogP) is 4.12. The van der Waals surface area contributed by atoms with E-state index in [2.05, 4.69) is 26.0 Å². The Labute approximate surface area is 108 Å². The fourth-order valence-electron chi connectivity index (χ4n) is 1.45. The standard InChI is InChI=1S/C13H20ClNS/c1-4-10(3)16-13-8-12(14)6-5-11(13)7-9(2)15/h5-6,8-10H,4,7,15H2,1-3H3. The summed E-state index contributed by atoms with van der Waals surface area (Å²) in [6, 6.07) is 6.28. The highest BCUT2D eigenvalue weighted by atomic mass is 35.5. The Morgan fingerprint density at radius 3 is 2.62 bits per heavy atom. The number of rotatable bonds is 5. The summed E-state index contributed by atoms with van der Waals surface area (Å²) >= 11 is 7.92. The number of thioether (sulfide) groups is 1. The number of benzene rings is 1. The first-order chi connectivity index (χ1) is 7.52. The van der Waals surface area contributed by atoms with Gasteiger partial charge < -0.3 is 5.73 Å². The van der Waals surface area contributed by atoms with Gasteiger partial charge in [-0.3, -0.25) is 0 Å². The van der Waals surface area contributed by atoms with Crippen molar-refractivity contribution in [1.29, 1.82) is 0 Å². The van der Waals surface area contributed by atoms with Gasteiger partial charge in [0, 0.05) is 21.2 Å². The third kappa shape index (κ3) is 4.36. The van der Waals surface area contributed by atoms with Crippen molar-refractivity contribution in [2.45, 2.75) is 49.8 Å². The Bertz CT molecular complexity index is 339. The van der Waals surface area contributed by atoms with Gasteiger partial charge in [-0.05, 0) is 37.5 Å². The number of hydrogen-bond acceptors (Lipinski definition) is 2. The minimum absolute atomic E-state index is 0.192. The van der Waals surface area contributed by atoms with Crippen LogP contribution in [0.1, 0.15) is 32.8 Å². The largest absolute Gasteiger partial charge is 0.328 e. The molecule has 0 saturated heterocycles. The van der Waals surface area contributed by atoms with Crippen LogP contribution in [0.2, 0.25) is 5.02 Å². The van der Waals surface area contributed by atoms with Crippen LogP contribution in [-0.4, -0.2) is 11.3 Å². The Kier molecular flexibility index (Phi) is 5.67. The van der Waals surface area contributed by atoms with Gasteiger partial charge in [-0.15, -0.1) is 11.8 Å². The van der Waals surface area contributed by atoms with Crippen molar-refractivity contribution in [1.82, 2.24) is 0 Å². The topological polar surface area (TPSA) is 26.0 Å². The fourth-order valence-corrected chi connectivity index (χ4v) is 2.79. The summed E-state index contributed by atoms with van der Waals surface area (Å²) in [5.74, 6) is 0. The molecule has 2 atom stereocenters. The molecule has 0 radical (unpaired) electrons. The van der Waals surface area contributed by atoms with Crippen LogP contribution in [0.15, 0.2) is 23.1 Å². The molecule has 1 nitrogen and oxygen atoms in total. The van der Waals surface area contributed by atoms with E-state index in [9.17, 15) is 0 Å². The van der Waals surface area contributed by atoms with E-state index in [0.29, 0.717) is 5.25 Å². The molecule has 90 valence electrons. The lowest BCUT2D eigenvalue weighted by Crippen LogP contribution is -2.18. The Balaban J connectivity index is 2.89. The molecule has 1 aromatic rings. The number of nitrogens with two attached hydrogens (primary N) is 1. The molecule has 0 amide bonds. The monoisotopic (exact) mass is 257 g/mol. The van der Waals surface area contributed by atoms with Gasteiger partial charge in [-0.1, -0.05) is 31.5 Å². The molecule has 2 unspecified atom stereocenters. The van der Waals surface area contributed by atoms with Crippen molar-refractivity contribution in [3.8, 4) is 0 Å². The molecule has 0 aliphatic heterocycles. The summed E-state index contributed by atoms with van der Waals surface area (Å²) in [6.45, 7) is 6.47. The second kappa shape index (κ2) is 6.53. The van der Waals surface area contributed by atoms with Crippen molar-refractivity contribution in [2.75, 3.05) is 0 Å². The lowest BCUT2D eigenvalue weighted by atomic mass is 10.1. The average Bonchev–Trinajstić information content (AvgIpc) is 2.21. The minimum Gasteiger partial charge on any atom is -0.328 e. The summed E-state index contributed by atoms with van der Waals surface area (Å²) < 4.78 is 0. The van der Waals surface area contributed by atoms with Gasteiger partial charge in [0.05, 0.1) is 0 Å². The third-order valence-electron chi connectivity index (χ3n) is 2.47. The van der Waals surface area contributed by atoms with Crippen LogP contribution in [0.5, 0.6) is 0 Å². The van der Waals surface area contributed by atoms with Gasteiger partial charge in [0.2, 0.25) is 0 Å². The molecule has 0 saturated carbocycles. The van der Waals surface area contributed by atoms with Crippen molar-refractivity contribution < 1.29 is 0 Å². The smallest absolute Gasteiger partial charge is 0.0417 e. The first-order valence-corrected chi connectivity index (χ1v) is 6.99. The molecule has 0 heterocycles. The molecule has 1 rings (SSSR count). The first-order valence-electron chi connectivity index (χ1n) is 5.73. The normalized spacial score (nSPS) is 14.8. The van der Waals surface area contributed by atoms with E-state index in [0.717, 1.165) is 17.9 Å². The van der Waals surface area contributed by atoms with Gasteiger partial charge in [-0.25, -0.2) is 0 Å². The summed E-state index contributed by atoms with van der Waals surface area (Å²) in [6.07, 6.45) is 2.07. The molecule has 1 aromatic carbocycles. The van der Waals surface area contributed by atoms with Gasteiger partial charge in [0.25, 0.3) is 0 Å². The Morgan fingerprint density at radius 1 is 1.38 bits per heavy atom. The highest BCUT2D eigenvalue weighted by Gasteiger charge is 2.09. The highest BCUT2D eigenvalue weighted by molar-refractivity contribution is 8.00. The maximum atomic E-state index is 6.04. The molecule has 0 aliphatic rings. The molecule has 0 spiro atoms. The third-order valence-corrected chi connectivity index (χ3v) is 4.08. The number of halogens is 1. The van der Waals surface area contributed by atoms with Gasteiger partial charge in [0.1, 0.15) is 0 Å². The van der Waals surface area contributed by atoms with E-state index in [1.165, 1.54) is 10.5 Å². The molecule has 0 fully saturated rings. The minimum atomic E-state index is 0.192. The van der Waals surface area contributed by atoms with Gasteiger partial charge >= 0.3 is 0 Å². The molecular formula is C13H20ClNS. The molecule has 2 N–H and O–H groups in total. The van der Waals surface area contributed by atoms with E-state index in [4.69, 9.17) is 17.3 Å². The van der Waals surface area contributed by atoms with E-state index < -0.39 is 0 Å². The highest BCUT2D eigenvalue weighted by Crippen LogP contribution is 2.31. The van der Waals surface area contributed by atoms with Crippen molar-refractivity contribution >= 4 is 23.4 Å². The maximum Gasteiger partial charge on any atom is 0.0417 e. The zero-order valence-electron chi connectivity index (χ0n) is 10.2. The van der Waals surface area contributed by atoms with Crippen LogP contribution in [0, 0.1) is 0 Å². The SMILES string of the molecule is CCC(C)Sc1cc(Cl)ccc1CC(C)N. The van der Waals surface area contributed by atoms with E-state index in [1.54, 1.807) is 0 Å². The van der Waals surface area contributed by atoms with Gasteiger partial charge in [-0.2, -0.15) is 0 Å². The molecule has 0 aliphatic carbocycles. The van der Waals surface area contributed by atoms with E-state index in [-0.39, 0.29) is 6.04 Å². The zero-order valence-corrected chi connectivity index (χ0v) is 11.7. The second-order valence-corrected chi connectivity index (χ2v) is 6.19. The van der Waals surface area contributed by atoms with E-state index in [1.807, 2.05) is 24.8 Å². The number of hydrogen-bond donors (Lipinski definition) is 1. The lowest BCUT2D eigenvalue weighted by molar-refractivity contribution is 0.729. The van der Waals surface area contributed by atoms with Crippen LogP contribution in [-0.2, 0) is 6.42 Å². The van der Waals surface area contributed by atoms with Crippen molar-refractivity contribution in [2.24, 2.45) is 5.73 Å². The van der Waals surface area contributed by atoms with Crippen molar-refractivity contribution in [3.63, 3.8) is 0 Å². The van der Waals surface area contributed by atoms with Gasteiger partial charge in [0.15, 0.2) is 0 Å². The maximum absolute atomic E-state index is 6.04. The van der Waals surface area contributed by atoms with Crippen LogP contribution in [0.3, 0.4) is 0 Å². The molecule has 0 bridgehead atoms. The molecule has 3 heteroatoms. The van der Waals surface area contributed by atoms with Crippen LogP contribution in [0.4, 0.5) is 0 Å². The summed E-state index contributed by atoms with van der Waals surface area (Å²) in [5, 5.41) is 1.42. The molecular weight excluding hydrogens is 238 g/mol. The predicted molar refractivity (Wildman–Crippen MR) is 74.4 cm³/mol. The first kappa shape index (κ1) is 13.9.